The first-order chi connectivity index (χ1) is 9.49. The molecule has 1 aromatic rings. The number of ether oxygens (including phenoxy) is 1. The second kappa shape index (κ2) is 6.48. The van der Waals surface area contributed by atoms with Gasteiger partial charge >= 0.3 is 6.09 Å². The van der Waals surface area contributed by atoms with E-state index in [0.29, 0.717) is 0 Å². The van der Waals surface area contributed by atoms with E-state index in [4.69, 9.17) is 4.74 Å². The van der Waals surface area contributed by atoms with Crippen LogP contribution in [0.15, 0.2) is 24.3 Å². The van der Waals surface area contributed by atoms with E-state index in [9.17, 15) is 9.90 Å². The number of hydrogen-bond acceptors (Lipinski definition) is 3. The molecule has 0 aromatic heterocycles. The highest BCUT2D eigenvalue weighted by molar-refractivity contribution is 5.67. The van der Waals surface area contributed by atoms with Gasteiger partial charge in [-0.2, -0.15) is 0 Å². The third-order valence-electron chi connectivity index (χ3n) is 3.00. The van der Waals surface area contributed by atoms with Gasteiger partial charge in [-0.1, -0.05) is 45.0 Å². The van der Waals surface area contributed by atoms with Crippen molar-refractivity contribution in [2.75, 3.05) is 6.54 Å². The normalized spacial score (nSPS) is 13.7. The Kier molecular flexibility index (Phi) is 5.40. The maximum atomic E-state index is 11.5. The van der Waals surface area contributed by atoms with Crippen molar-refractivity contribution >= 4 is 6.09 Å². The number of aliphatic hydroxyl groups excluding tert-OH is 1. The van der Waals surface area contributed by atoms with Gasteiger partial charge in [0, 0.05) is 0 Å². The van der Waals surface area contributed by atoms with Crippen LogP contribution in [0.5, 0.6) is 0 Å². The number of carbonyl (C=O) groups is 1. The van der Waals surface area contributed by atoms with E-state index < -0.39 is 17.8 Å². The number of benzene rings is 1. The molecule has 1 unspecified atom stereocenters. The number of alkyl carbamates (subject to hydrolysis) is 1. The molecule has 0 bridgehead atoms. The van der Waals surface area contributed by atoms with Crippen molar-refractivity contribution in [1.82, 2.24) is 5.32 Å². The van der Waals surface area contributed by atoms with Gasteiger partial charge in [-0.25, -0.2) is 4.79 Å². The number of nitrogens with one attached hydrogen (secondary N) is 1. The summed E-state index contributed by atoms with van der Waals surface area (Å²) in [5.74, 6) is 0. The monoisotopic (exact) mass is 293 g/mol. The molecule has 0 fully saturated rings. The van der Waals surface area contributed by atoms with Crippen LogP contribution in [0.1, 0.15) is 58.8 Å². The molecule has 0 spiro atoms. The molecule has 2 N–H and O–H groups in total. The predicted molar refractivity (Wildman–Crippen MR) is 84.3 cm³/mol. The molecule has 0 heterocycles. The first-order valence-electron chi connectivity index (χ1n) is 7.24. The van der Waals surface area contributed by atoms with Gasteiger partial charge in [0.2, 0.25) is 0 Å². The Hall–Kier alpha value is -1.55. The predicted octanol–water partition coefficient (Wildman–Crippen LogP) is 3.54. The lowest BCUT2D eigenvalue weighted by atomic mass is 9.86. The number of amides is 1. The zero-order valence-corrected chi connectivity index (χ0v) is 13.9. The van der Waals surface area contributed by atoms with Crippen molar-refractivity contribution < 1.29 is 14.6 Å². The fourth-order valence-electron chi connectivity index (χ4n) is 1.82. The third-order valence-corrected chi connectivity index (χ3v) is 3.00. The SMILES string of the molecule is CC(C)(C)OC(=O)NCC(O)c1ccc(C(C)(C)C)cc1. The van der Waals surface area contributed by atoms with Crippen LogP contribution in [-0.4, -0.2) is 23.3 Å². The van der Waals surface area contributed by atoms with E-state index >= 15 is 0 Å². The summed E-state index contributed by atoms with van der Waals surface area (Å²) in [6.07, 6.45) is -1.26. The molecule has 4 nitrogen and oxygen atoms in total. The highest BCUT2D eigenvalue weighted by atomic mass is 16.6. The second-order valence-corrected chi connectivity index (χ2v) is 7.27. The fraction of sp³-hybridized carbons (Fsp3) is 0.588. The van der Waals surface area contributed by atoms with Crippen LogP contribution in [0.25, 0.3) is 0 Å². The van der Waals surface area contributed by atoms with Crippen molar-refractivity contribution in [1.29, 1.82) is 0 Å². The molecule has 1 amide bonds. The lowest BCUT2D eigenvalue weighted by Gasteiger charge is -2.21. The highest BCUT2D eigenvalue weighted by Crippen LogP contribution is 2.23. The summed E-state index contributed by atoms with van der Waals surface area (Å²) in [5, 5.41) is 12.7. The van der Waals surface area contributed by atoms with Crippen molar-refractivity contribution in [2.45, 2.75) is 58.7 Å². The molecule has 0 aliphatic heterocycles. The topological polar surface area (TPSA) is 58.6 Å². The van der Waals surface area contributed by atoms with Crippen LogP contribution in [0.4, 0.5) is 4.79 Å². The quantitative estimate of drug-likeness (QED) is 0.896. The summed E-state index contributed by atoms with van der Waals surface area (Å²) in [5.41, 5.74) is 1.53. The van der Waals surface area contributed by atoms with Gasteiger partial charge in [-0.05, 0) is 37.3 Å². The smallest absolute Gasteiger partial charge is 0.407 e. The molecule has 1 atom stereocenters. The summed E-state index contributed by atoms with van der Waals surface area (Å²) < 4.78 is 5.13. The molecule has 0 radical (unpaired) electrons. The molecule has 21 heavy (non-hydrogen) atoms. The lowest BCUT2D eigenvalue weighted by Crippen LogP contribution is -2.34. The van der Waals surface area contributed by atoms with Gasteiger partial charge < -0.3 is 15.2 Å². The van der Waals surface area contributed by atoms with Crippen LogP contribution >= 0.6 is 0 Å². The fourth-order valence-corrected chi connectivity index (χ4v) is 1.82. The summed E-state index contributed by atoms with van der Waals surface area (Å²) in [6, 6.07) is 7.79. The van der Waals surface area contributed by atoms with Gasteiger partial charge in [-0.3, -0.25) is 0 Å². The van der Waals surface area contributed by atoms with Gasteiger partial charge in [-0.15, -0.1) is 0 Å². The van der Waals surface area contributed by atoms with Gasteiger partial charge in [0.1, 0.15) is 5.60 Å². The first-order valence-corrected chi connectivity index (χ1v) is 7.24. The Morgan fingerprint density at radius 1 is 1.14 bits per heavy atom. The maximum absolute atomic E-state index is 11.5. The van der Waals surface area contributed by atoms with Crippen molar-refractivity contribution in [3.05, 3.63) is 35.4 Å². The highest BCUT2D eigenvalue weighted by Gasteiger charge is 2.18. The van der Waals surface area contributed by atoms with E-state index in [1.165, 1.54) is 5.56 Å². The molecule has 1 rings (SSSR count). The number of aliphatic hydroxyl groups is 1. The number of carbonyl (C=O) groups excluding carboxylic acids is 1. The molecule has 0 saturated heterocycles. The molecule has 0 saturated carbocycles. The maximum Gasteiger partial charge on any atom is 0.407 e. The Morgan fingerprint density at radius 3 is 2.10 bits per heavy atom. The minimum atomic E-state index is -0.744. The van der Waals surface area contributed by atoms with E-state index in [1.54, 1.807) is 20.8 Å². The van der Waals surface area contributed by atoms with Crippen LogP contribution in [0, 0.1) is 0 Å². The lowest BCUT2D eigenvalue weighted by molar-refractivity contribution is 0.0492. The van der Waals surface area contributed by atoms with Gasteiger partial charge in [0.15, 0.2) is 0 Å². The summed E-state index contributed by atoms with van der Waals surface area (Å²) >= 11 is 0. The molecule has 0 aliphatic rings. The zero-order valence-electron chi connectivity index (χ0n) is 13.9. The second-order valence-electron chi connectivity index (χ2n) is 7.27. The minimum absolute atomic E-state index is 0.0816. The average Bonchev–Trinajstić information content (AvgIpc) is 2.33. The molecular weight excluding hydrogens is 266 g/mol. The Bertz CT molecular complexity index is 466. The van der Waals surface area contributed by atoms with Crippen molar-refractivity contribution in [2.24, 2.45) is 0 Å². The van der Waals surface area contributed by atoms with Gasteiger partial charge in [0.25, 0.3) is 0 Å². The van der Waals surface area contributed by atoms with E-state index in [0.717, 1.165) is 5.56 Å². The summed E-state index contributed by atoms with van der Waals surface area (Å²) in [6.45, 7) is 12.0. The molecule has 4 heteroatoms. The zero-order chi connectivity index (χ0) is 16.3. The Labute approximate surface area is 127 Å². The summed E-state index contributed by atoms with van der Waals surface area (Å²) in [7, 11) is 0. The van der Waals surface area contributed by atoms with Crippen molar-refractivity contribution in [3.63, 3.8) is 0 Å². The van der Waals surface area contributed by atoms with E-state index in [1.807, 2.05) is 24.3 Å². The van der Waals surface area contributed by atoms with Crippen LogP contribution < -0.4 is 5.32 Å². The number of hydrogen-bond donors (Lipinski definition) is 2. The molecule has 0 aliphatic carbocycles. The Balaban J connectivity index is 2.56. The summed E-state index contributed by atoms with van der Waals surface area (Å²) in [4.78, 5) is 11.5. The minimum Gasteiger partial charge on any atom is -0.444 e. The standard InChI is InChI=1S/C17H27NO3/c1-16(2,3)13-9-7-12(8-10-13)14(19)11-18-15(20)21-17(4,5)6/h7-10,14,19H,11H2,1-6H3,(H,18,20). The Morgan fingerprint density at radius 2 is 1.67 bits per heavy atom. The average molecular weight is 293 g/mol. The van der Waals surface area contributed by atoms with Crippen LogP contribution in [0.2, 0.25) is 0 Å². The third kappa shape index (κ3) is 6.17. The van der Waals surface area contributed by atoms with E-state index in [2.05, 4.69) is 26.1 Å². The van der Waals surface area contributed by atoms with Crippen LogP contribution in [0.3, 0.4) is 0 Å². The molecule has 118 valence electrons. The molecule has 1 aromatic carbocycles. The van der Waals surface area contributed by atoms with Crippen molar-refractivity contribution in [3.8, 4) is 0 Å². The van der Waals surface area contributed by atoms with Gasteiger partial charge in [0.05, 0.1) is 12.6 Å². The van der Waals surface area contributed by atoms with E-state index in [-0.39, 0.29) is 12.0 Å². The van der Waals surface area contributed by atoms with Crippen LogP contribution in [-0.2, 0) is 10.2 Å². The largest absolute Gasteiger partial charge is 0.444 e. The molecular formula is C17H27NO3. The number of rotatable bonds is 3. The first kappa shape index (κ1) is 17.5.